The second-order valence-corrected chi connectivity index (χ2v) is 6.84. The van der Waals surface area contributed by atoms with Crippen molar-refractivity contribution in [1.82, 2.24) is 15.5 Å². The average molecular weight is 378 g/mol. The van der Waals surface area contributed by atoms with Gasteiger partial charge in [-0.15, -0.1) is 24.2 Å². The van der Waals surface area contributed by atoms with Crippen molar-refractivity contribution < 1.29 is 4.79 Å². The Hall–Kier alpha value is -0.460. The number of amides is 1. The van der Waals surface area contributed by atoms with Gasteiger partial charge >= 0.3 is 0 Å². The van der Waals surface area contributed by atoms with E-state index in [0.29, 0.717) is 5.75 Å². The van der Waals surface area contributed by atoms with Gasteiger partial charge in [0.05, 0.1) is 5.75 Å². The van der Waals surface area contributed by atoms with E-state index in [9.17, 15) is 4.79 Å². The van der Waals surface area contributed by atoms with Crippen LogP contribution in [0.5, 0.6) is 0 Å². The Morgan fingerprint density at radius 1 is 1.35 bits per heavy atom. The Balaban J connectivity index is 0.00000264. The molecule has 1 amide bonds. The third-order valence-corrected chi connectivity index (χ3v) is 4.81. The lowest BCUT2D eigenvalue weighted by atomic mass is 10.2. The second-order valence-electron chi connectivity index (χ2n) is 5.42. The molecule has 1 fully saturated rings. The van der Waals surface area contributed by atoms with Crippen LogP contribution in [-0.2, 0) is 10.5 Å². The van der Waals surface area contributed by atoms with Crippen LogP contribution in [0.4, 0.5) is 0 Å². The standard InChI is InChI=1S/C16H24ClN3OS.ClH/c17-15-4-1-3-14(11-15)12-22-13-16(21)19-5-2-8-20-9-6-18-7-10-20;/h1,3-4,11,18H,2,5-10,12-13H2,(H,19,21);1H. The van der Waals surface area contributed by atoms with Gasteiger partial charge in [-0.1, -0.05) is 23.7 Å². The van der Waals surface area contributed by atoms with Gasteiger partial charge in [-0.3, -0.25) is 4.79 Å². The van der Waals surface area contributed by atoms with Gasteiger partial charge in [-0.05, 0) is 30.7 Å². The minimum Gasteiger partial charge on any atom is -0.355 e. The number of piperazine rings is 1. The van der Waals surface area contributed by atoms with Crippen LogP contribution in [0.3, 0.4) is 0 Å². The molecule has 0 bridgehead atoms. The van der Waals surface area contributed by atoms with Gasteiger partial charge in [0.25, 0.3) is 0 Å². The smallest absolute Gasteiger partial charge is 0.230 e. The number of nitrogens with zero attached hydrogens (tertiary/aromatic N) is 1. The van der Waals surface area contributed by atoms with Crippen molar-refractivity contribution in [2.45, 2.75) is 12.2 Å². The zero-order valence-corrected chi connectivity index (χ0v) is 15.6. The third-order valence-electron chi connectivity index (χ3n) is 3.57. The van der Waals surface area contributed by atoms with Crippen LogP contribution >= 0.6 is 35.8 Å². The van der Waals surface area contributed by atoms with E-state index in [1.54, 1.807) is 11.8 Å². The van der Waals surface area contributed by atoms with Crippen molar-refractivity contribution >= 4 is 41.7 Å². The van der Waals surface area contributed by atoms with Crippen molar-refractivity contribution in [3.63, 3.8) is 0 Å². The normalized spacial score (nSPS) is 15.0. The minimum atomic E-state index is 0. The maximum Gasteiger partial charge on any atom is 0.230 e. The summed E-state index contributed by atoms with van der Waals surface area (Å²) in [5.41, 5.74) is 1.16. The number of carbonyl (C=O) groups excluding carboxylic acids is 1. The van der Waals surface area contributed by atoms with Crippen molar-refractivity contribution in [2.75, 3.05) is 45.0 Å². The number of halogens is 2. The van der Waals surface area contributed by atoms with Crippen molar-refractivity contribution in [2.24, 2.45) is 0 Å². The fraction of sp³-hybridized carbons (Fsp3) is 0.562. The van der Waals surface area contributed by atoms with Crippen molar-refractivity contribution in [3.05, 3.63) is 34.9 Å². The van der Waals surface area contributed by atoms with E-state index in [1.807, 2.05) is 24.3 Å². The SMILES string of the molecule is Cl.O=C(CSCc1cccc(Cl)c1)NCCCN1CCNCC1. The lowest BCUT2D eigenvalue weighted by molar-refractivity contribution is -0.118. The van der Waals surface area contributed by atoms with Crippen LogP contribution in [0.15, 0.2) is 24.3 Å². The predicted octanol–water partition coefficient (Wildman–Crippen LogP) is 2.41. The van der Waals surface area contributed by atoms with Crippen LogP contribution in [-0.4, -0.2) is 55.8 Å². The molecule has 0 saturated carbocycles. The number of thioether (sulfide) groups is 1. The zero-order chi connectivity index (χ0) is 15.6. The summed E-state index contributed by atoms with van der Waals surface area (Å²) in [6.45, 7) is 6.21. The van der Waals surface area contributed by atoms with Crippen molar-refractivity contribution in [3.8, 4) is 0 Å². The molecule has 0 spiro atoms. The molecule has 23 heavy (non-hydrogen) atoms. The molecule has 1 aliphatic rings. The highest BCUT2D eigenvalue weighted by Gasteiger charge is 2.08. The maximum atomic E-state index is 11.8. The molecule has 0 unspecified atom stereocenters. The van der Waals surface area contributed by atoms with Crippen LogP contribution in [0.25, 0.3) is 0 Å². The zero-order valence-electron chi connectivity index (χ0n) is 13.2. The van der Waals surface area contributed by atoms with Gasteiger partial charge in [0.15, 0.2) is 0 Å². The number of rotatable bonds is 8. The molecular weight excluding hydrogens is 353 g/mol. The monoisotopic (exact) mass is 377 g/mol. The lowest BCUT2D eigenvalue weighted by Gasteiger charge is -2.27. The first-order chi connectivity index (χ1) is 10.7. The summed E-state index contributed by atoms with van der Waals surface area (Å²) >= 11 is 7.56. The molecule has 4 nitrogen and oxygen atoms in total. The molecular formula is C16H25Cl2N3OS. The number of hydrogen-bond donors (Lipinski definition) is 2. The van der Waals surface area contributed by atoms with E-state index < -0.39 is 0 Å². The van der Waals surface area contributed by atoms with Crippen molar-refractivity contribution in [1.29, 1.82) is 0 Å². The Bertz CT molecular complexity index is 470. The van der Waals surface area contributed by atoms with Gasteiger partial charge in [0.2, 0.25) is 5.91 Å². The van der Waals surface area contributed by atoms with Gasteiger partial charge in [-0.2, -0.15) is 0 Å². The van der Waals surface area contributed by atoms with E-state index >= 15 is 0 Å². The summed E-state index contributed by atoms with van der Waals surface area (Å²) in [7, 11) is 0. The summed E-state index contributed by atoms with van der Waals surface area (Å²) in [6, 6.07) is 7.78. The predicted molar refractivity (Wildman–Crippen MR) is 102 cm³/mol. The molecule has 7 heteroatoms. The van der Waals surface area contributed by atoms with Crippen LogP contribution in [0, 0.1) is 0 Å². The molecule has 0 aromatic heterocycles. The first-order valence-electron chi connectivity index (χ1n) is 7.76. The van der Waals surface area contributed by atoms with E-state index in [2.05, 4.69) is 15.5 Å². The number of benzene rings is 1. The van der Waals surface area contributed by atoms with Gasteiger partial charge in [-0.25, -0.2) is 0 Å². The molecule has 2 rings (SSSR count). The average Bonchev–Trinajstić information content (AvgIpc) is 2.53. The molecule has 1 saturated heterocycles. The Morgan fingerprint density at radius 3 is 2.87 bits per heavy atom. The first kappa shape index (κ1) is 20.6. The Labute approximate surface area is 154 Å². The molecule has 2 N–H and O–H groups in total. The van der Waals surface area contributed by atoms with Crippen LogP contribution in [0.1, 0.15) is 12.0 Å². The lowest BCUT2D eigenvalue weighted by Crippen LogP contribution is -2.44. The highest BCUT2D eigenvalue weighted by molar-refractivity contribution is 7.99. The summed E-state index contributed by atoms with van der Waals surface area (Å²) in [6.07, 6.45) is 1.02. The molecule has 1 heterocycles. The fourth-order valence-corrected chi connectivity index (χ4v) is 3.42. The summed E-state index contributed by atoms with van der Waals surface area (Å²) in [4.78, 5) is 14.2. The molecule has 1 aliphatic heterocycles. The molecule has 130 valence electrons. The summed E-state index contributed by atoms with van der Waals surface area (Å²) in [5.74, 6) is 1.43. The third kappa shape index (κ3) is 8.82. The number of carbonyl (C=O) groups is 1. The van der Waals surface area contributed by atoms with Crippen LogP contribution < -0.4 is 10.6 Å². The molecule has 0 atom stereocenters. The van der Waals surface area contributed by atoms with Gasteiger partial charge in [0, 0.05) is 43.5 Å². The summed E-state index contributed by atoms with van der Waals surface area (Å²) in [5, 5.41) is 7.08. The van der Waals surface area contributed by atoms with E-state index in [4.69, 9.17) is 11.6 Å². The number of hydrogen-bond acceptors (Lipinski definition) is 4. The molecule has 1 aromatic rings. The van der Waals surface area contributed by atoms with Crippen LogP contribution in [0.2, 0.25) is 5.02 Å². The molecule has 0 aliphatic carbocycles. The Kier molecular flexibility index (Phi) is 10.7. The second kappa shape index (κ2) is 12.0. The maximum absolute atomic E-state index is 11.8. The molecule has 1 aromatic carbocycles. The topological polar surface area (TPSA) is 44.4 Å². The van der Waals surface area contributed by atoms with Gasteiger partial charge < -0.3 is 15.5 Å². The van der Waals surface area contributed by atoms with Gasteiger partial charge in [0.1, 0.15) is 0 Å². The highest BCUT2D eigenvalue weighted by atomic mass is 35.5. The van der Waals surface area contributed by atoms with E-state index in [-0.39, 0.29) is 18.3 Å². The highest BCUT2D eigenvalue weighted by Crippen LogP contribution is 2.16. The largest absolute Gasteiger partial charge is 0.355 e. The quantitative estimate of drug-likeness (QED) is 0.682. The summed E-state index contributed by atoms with van der Waals surface area (Å²) < 4.78 is 0. The fourth-order valence-electron chi connectivity index (χ4n) is 2.40. The minimum absolute atomic E-state index is 0. The first-order valence-corrected chi connectivity index (χ1v) is 9.29. The van der Waals surface area contributed by atoms with E-state index in [0.717, 1.165) is 62.0 Å². The van der Waals surface area contributed by atoms with E-state index in [1.165, 1.54) is 0 Å². The Morgan fingerprint density at radius 2 is 2.13 bits per heavy atom. The number of nitrogens with one attached hydrogen (secondary N) is 2. The molecule has 0 radical (unpaired) electrons.